The van der Waals surface area contributed by atoms with Gasteiger partial charge in [-0.2, -0.15) is 0 Å². The van der Waals surface area contributed by atoms with Crippen molar-refractivity contribution in [1.29, 1.82) is 0 Å². The fourth-order valence-corrected chi connectivity index (χ4v) is 0. The first-order chi connectivity index (χ1) is 0. The van der Waals surface area contributed by atoms with Gasteiger partial charge in [0, 0.05) is 91.3 Å². The molecule has 4 heavy (non-hydrogen) atoms. The van der Waals surface area contributed by atoms with E-state index < -0.39 is 0 Å². The van der Waals surface area contributed by atoms with Crippen LogP contribution in [0.3, 0.4) is 0 Å². The van der Waals surface area contributed by atoms with E-state index in [1.54, 1.807) is 0 Å². The Hall–Kier alpha value is 2.88. The van der Waals surface area contributed by atoms with E-state index in [2.05, 4.69) is 0 Å². The molecule has 2 radical (unpaired) electrons. The normalized spacial score (nSPS) is 0. The maximum atomic E-state index is 0. The minimum atomic E-state index is 0. The topological polar surface area (TPSA) is 0 Å². The molecular weight excluding hydrogens is 329 g/mol. The van der Waals surface area contributed by atoms with E-state index in [1.807, 2.05) is 0 Å². The standard InChI is InChI=1S/Co.Cu.Fe.Sm. The zero-order valence-electron chi connectivity index (χ0n) is 1.40. The maximum Gasteiger partial charge on any atom is 0 e. The van der Waals surface area contributed by atoms with Crippen molar-refractivity contribution in [3.05, 3.63) is 0 Å². The Morgan fingerprint density at radius 1 is 1.00 bits per heavy atom. The summed E-state index contributed by atoms with van der Waals surface area (Å²) in [5.41, 5.74) is 0. The Labute approximate surface area is 89.5 Å². The molecule has 0 nitrogen and oxygen atoms in total. The van der Waals surface area contributed by atoms with Crippen molar-refractivity contribution in [2.75, 3.05) is 0 Å². The van der Waals surface area contributed by atoms with Crippen molar-refractivity contribution in [3.8, 4) is 0 Å². The SMILES string of the molecule is [Co].[Cu].[Fe].[Sm]. The molecule has 0 aliphatic rings. The summed E-state index contributed by atoms with van der Waals surface area (Å²) in [6.07, 6.45) is 0. The summed E-state index contributed by atoms with van der Waals surface area (Å²) >= 11 is 0. The van der Waals surface area contributed by atoms with Gasteiger partial charge >= 0.3 is 0 Å². The minimum absolute atomic E-state index is 0. The Kier molecular flexibility index (Phi) is 121. The molecular formula is CoCuFeSm. The van der Waals surface area contributed by atoms with Gasteiger partial charge in [0.1, 0.15) is 0 Å². The van der Waals surface area contributed by atoms with Crippen molar-refractivity contribution < 1.29 is 91.3 Å². The molecule has 0 atom stereocenters. The van der Waals surface area contributed by atoms with Crippen molar-refractivity contribution in [2.24, 2.45) is 0 Å². The zero-order valence-corrected chi connectivity index (χ0v) is 7.10. The van der Waals surface area contributed by atoms with Crippen LogP contribution in [0.1, 0.15) is 0 Å². The molecule has 0 spiro atoms. The Bertz CT molecular complexity index is 8.00. The van der Waals surface area contributed by atoms with E-state index in [1.165, 1.54) is 0 Å². The molecule has 0 aromatic heterocycles. The number of rotatable bonds is 0. The molecule has 0 bridgehead atoms. The Balaban J connectivity index is 0. The quantitative estimate of drug-likeness (QED) is 0.549. The molecule has 4 heteroatoms. The van der Waals surface area contributed by atoms with E-state index in [9.17, 15) is 0 Å². The van der Waals surface area contributed by atoms with E-state index in [0.717, 1.165) is 0 Å². The Morgan fingerprint density at radius 3 is 1.00 bits per heavy atom. The van der Waals surface area contributed by atoms with Crippen LogP contribution >= 0.6 is 0 Å². The van der Waals surface area contributed by atoms with Crippen LogP contribution < -0.4 is 0 Å². The van der Waals surface area contributed by atoms with Gasteiger partial charge in [-0.3, -0.25) is 0 Å². The van der Waals surface area contributed by atoms with Crippen LogP contribution in [0.15, 0.2) is 0 Å². The largest absolute Gasteiger partial charge is 0 e. The molecule has 0 saturated heterocycles. The predicted molar refractivity (Wildman–Crippen MR) is 0 cm³/mol. The van der Waals surface area contributed by atoms with Gasteiger partial charge in [0.15, 0.2) is 0 Å². The van der Waals surface area contributed by atoms with Gasteiger partial charge in [-0.1, -0.05) is 0 Å². The molecule has 0 aromatic carbocycles. The average Bonchev–Trinajstić information content (AvgIpc) is 0. The summed E-state index contributed by atoms with van der Waals surface area (Å²) in [5.74, 6) is 0. The van der Waals surface area contributed by atoms with Gasteiger partial charge in [-0.25, -0.2) is 0 Å². The number of hydrogen-bond acceptors (Lipinski definition) is 0. The first kappa shape index (κ1) is 28.7. The monoisotopic (exact) mass is 330 g/mol. The van der Waals surface area contributed by atoms with Gasteiger partial charge in [-0.05, 0) is 0 Å². The molecule has 0 aliphatic heterocycles. The minimum Gasteiger partial charge on any atom is 0 e. The van der Waals surface area contributed by atoms with Crippen LogP contribution in [0.25, 0.3) is 0 Å². The van der Waals surface area contributed by atoms with Gasteiger partial charge in [-0.15, -0.1) is 0 Å². The third-order valence-electron chi connectivity index (χ3n) is 0. The van der Waals surface area contributed by atoms with Gasteiger partial charge in [0.05, 0.1) is 0 Å². The van der Waals surface area contributed by atoms with Crippen LogP contribution in [-0.4, -0.2) is 0 Å². The Morgan fingerprint density at radius 2 is 1.00 bits per heavy atom. The fraction of sp³-hybridized carbons (Fsp3) is 0. The summed E-state index contributed by atoms with van der Waals surface area (Å²) in [6.45, 7) is 0. The van der Waals surface area contributed by atoms with Crippen molar-refractivity contribution in [2.45, 2.75) is 0 Å². The predicted octanol–water partition coefficient (Wildman–Crippen LogP) is -0.00750. The van der Waals surface area contributed by atoms with Crippen molar-refractivity contribution in [1.82, 2.24) is 0 Å². The molecule has 0 aliphatic carbocycles. The molecule has 0 unspecified atom stereocenters. The summed E-state index contributed by atoms with van der Waals surface area (Å²) < 4.78 is 0. The maximum absolute atomic E-state index is 0. The third kappa shape index (κ3) is 8.86. The first-order valence-corrected chi connectivity index (χ1v) is 0. The van der Waals surface area contributed by atoms with Gasteiger partial charge in [0.2, 0.25) is 0 Å². The van der Waals surface area contributed by atoms with Crippen molar-refractivity contribution >= 4 is 0 Å². The third-order valence-corrected chi connectivity index (χ3v) is 0. The molecule has 34 valence electrons. The summed E-state index contributed by atoms with van der Waals surface area (Å²) in [7, 11) is 0. The second kappa shape index (κ2) is 16.9. The molecule has 0 aromatic rings. The summed E-state index contributed by atoms with van der Waals surface area (Å²) in [5, 5.41) is 0. The molecule has 0 heterocycles. The van der Waals surface area contributed by atoms with E-state index in [-0.39, 0.29) is 91.3 Å². The summed E-state index contributed by atoms with van der Waals surface area (Å²) in [6, 6.07) is 0. The van der Waals surface area contributed by atoms with Gasteiger partial charge < -0.3 is 0 Å². The smallest absolute Gasteiger partial charge is 0 e. The van der Waals surface area contributed by atoms with E-state index in [0.29, 0.717) is 0 Å². The first-order valence-electron chi connectivity index (χ1n) is 0. The molecule has 0 fully saturated rings. The average molecular weight is 329 g/mol. The van der Waals surface area contributed by atoms with Crippen molar-refractivity contribution in [3.63, 3.8) is 0 Å². The van der Waals surface area contributed by atoms with Crippen LogP contribution in [0.2, 0.25) is 0 Å². The molecule has 0 N–H and O–H groups in total. The fourth-order valence-electron chi connectivity index (χ4n) is 0. The second-order valence-corrected chi connectivity index (χ2v) is 0. The number of hydrogen-bond donors (Lipinski definition) is 0. The van der Waals surface area contributed by atoms with Gasteiger partial charge in [0.25, 0.3) is 0 Å². The van der Waals surface area contributed by atoms with Crippen LogP contribution in [0, 0.1) is 40.4 Å². The summed E-state index contributed by atoms with van der Waals surface area (Å²) in [4.78, 5) is 0. The second-order valence-electron chi connectivity index (χ2n) is 0. The molecule has 0 rings (SSSR count). The van der Waals surface area contributed by atoms with E-state index >= 15 is 0 Å². The molecule has 0 saturated carbocycles. The van der Waals surface area contributed by atoms with Crippen LogP contribution in [0.5, 0.6) is 0 Å². The van der Waals surface area contributed by atoms with Crippen LogP contribution in [0.4, 0.5) is 0 Å². The molecule has 0 amide bonds. The zero-order chi connectivity index (χ0) is 0. The van der Waals surface area contributed by atoms with Crippen LogP contribution in [-0.2, 0) is 50.9 Å². The van der Waals surface area contributed by atoms with E-state index in [4.69, 9.17) is 0 Å².